The molecular formula is C22H23N5O2S. The van der Waals surface area contributed by atoms with Gasteiger partial charge in [-0.25, -0.2) is 9.39 Å². The summed E-state index contributed by atoms with van der Waals surface area (Å²) in [5, 5.41) is 11.7. The molecule has 0 amide bonds. The van der Waals surface area contributed by atoms with Crippen LogP contribution in [0.25, 0.3) is 0 Å². The molecule has 2 atom stereocenters. The number of nitrogens with one attached hydrogen (secondary N) is 2. The molecule has 1 aliphatic heterocycles. The van der Waals surface area contributed by atoms with Crippen LogP contribution in [-0.2, 0) is 9.53 Å². The topological polar surface area (TPSA) is 99.3 Å². The average Bonchev–Trinajstić information content (AvgIpc) is 2.79. The van der Waals surface area contributed by atoms with E-state index in [1.165, 1.54) is 0 Å². The van der Waals surface area contributed by atoms with Crippen LogP contribution in [0.2, 0.25) is 0 Å². The lowest BCUT2D eigenvalue weighted by molar-refractivity contribution is -0.114. The van der Waals surface area contributed by atoms with Crippen molar-refractivity contribution in [1.29, 1.82) is 5.41 Å². The number of nitrogens with zero attached hydrogens (tertiary/aromatic N) is 3. The normalized spacial score (nSPS) is 17.2. The summed E-state index contributed by atoms with van der Waals surface area (Å²) in [5.41, 5.74) is 2.38. The number of hydrogen-bond acceptors (Lipinski definition) is 8. The van der Waals surface area contributed by atoms with Crippen molar-refractivity contribution in [3.63, 3.8) is 0 Å². The summed E-state index contributed by atoms with van der Waals surface area (Å²) in [7, 11) is 1.56. The van der Waals surface area contributed by atoms with Crippen LogP contribution in [0.4, 0.5) is 0 Å². The lowest BCUT2D eigenvalue weighted by Crippen LogP contribution is -2.41. The van der Waals surface area contributed by atoms with E-state index in [0.29, 0.717) is 23.5 Å². The van der Waals surface area contributed by atoms with Gasteiger partial charge in [-0.3, -0.25) is 15.2 Å². The number of thiol groups is 1. The van der Waals surface area contributed by atoms with Gasteiger partial charge >= 0.3 is 0 Å². The summed E-state index contributed by atoms with van der Waals surface area (Å²) in [5.74, 6) is -0.0324. The van der Waals surface area contributed by atoms with Crippen LogP contribution in [0, 0.1) is 12.3 Å². The van der Waals surface area contributed by atoms with Gasteiger partial charge in [0.2, 0.25) is 5.78 Å². The first-order valence-corrected chi connectivity index (χ1v) is 9.77. The molecule has 3 rings (SSSR count). The fourth-order valence-electron chi connectivity index (χ4n) is 2.98. The Morgan fingerprint density at radius 2 is 1.93 bits per heavy atom. The minimum Gasteiger partial charge on any atom is -0.358 e. The Kier molecular flexibility index (Phi) is 7.26. The van der Waals surface area contributed by atoms with Gasteiger partial charge in [-0.05, 0) is 25.3 Å². The molecule has 8 heteroatoms. The van der Waals surface area contributed by atoms with Crippen LogP contribution in [-0.4, -0.2) is 49.1 Å². The maximum absolute atomic E-state index is 13.4. The van der Waals surface area contributed by atoms with Crippen LogP contribution < -0.4 is 5.32 Å². The quantitative estimate of drug-likeness (QED) is 0.473. The van der Waals surface area contributed by atoms with Gasteiger partial charge in [-0.2, -0.15) is 0 Å². The molecule has 0 saturated heterocycles. The number of aryl methyl sites for hydroxylation is 1. The van der Waals surface area contributed by atoms with E-state index in [2.05, 4.69) is 32.5 Å². The third-order valence-electron chi connectivity index (χ3n) is 4.63. The molecule has 1 aliphatic rings. The second-order valence-electron chi connectivity index (χ2n) is 6.74. The first-order valence-electron chi connectivity index (χ1n) is 9.37. The predicted octanol–water partition coefficient (Wildman–Crippen LogP) is 3.00. The highest BCUT2D eigenvalue weighted by atomic mass is 32.1. The van der Waals surface area contributed by atoms with Crippen molar-refractivity contribution < 1.29 is 9.53 Å². The van der Waals surface area contributed by atoms with E-state index in [9.17, 15) is 4.79 Å². The van der Waals surface area contributed by atoms with E-state index in [0.717, 1.165) is 5.56 Å². The molecule has 2 N–H and O–H groups in total. The van der Waals surface area contributed by atoms with Crippen LogP contribution in [0.3, 0.4) is 0 Å². The minimum absolute atomic E-state index is 0.205. The molecule has 154 valence electrons. The first kappa shape index (κ1) is 21.6. The summed E-state index contributed by atoms with van der Waals surface area (Å²) in [6, 6.07) is 15.8. The van der Waals surface area contributed by atoms with E-state index in [1.807, 2.05) is 49.4 Å². The van der Waals surface area contributed by atoms with E-state index in [4.69, 9.17) is 10.1 Å². The molecule has 2 aromatic rings. The molecule has 30 heavy (non-hydrogen) atoms. The number of Topliss-reactive ketones (excluding diaryl/α,β-unsaturated/α-hetero) is 1. The number of amidine groups is 1. The molecule has 0 radical (unpaired) electrons. The fraction of sp³-hybridized carbons (Fsp3) is 0.227. The lowest BCUT2D eigenvalue weighted by atomic mass is 9.94. The molecule has 0 saturated carbocycles. The minimum atomic E-state index is -0.840. The van der Waals surface area contributed by atoms with Crippen molar-refractivity contribution in [3.8, 4) is 0 Å². The first-order chi connectivity index (χ1) is 14.5. The summed E-state index contributed by atoms with van der Waals surface area (Å²) in [6.45, 7) is 2.39. The van der Waals surface area contributed by atoms with Gasteiger partial charge in [-0.15, -0.1) is 0 Å². The third kappa shape index (κ3) is 5.08. The van der Waals surface area contributed by atoms with E-state index in [1.54, 1.807) is 25.5 Å². The highest BCUT2D eigenvalue weighted by Gasteiger charge is 2.29. The molecule has 0 spiro atoms. The Morgan fingerprint density at radius 3 is 2.57 bits per heavy atom. The van der Waals surface area contributed by atoms with Crippen molar-refractivity contribution in [2.24, 2.45) is 14.4 Å². The van der Waals surface area contributed by atoms with Crippen molar-refractivity contribution in [2.45, 2.75) is 19.2 Å². The number of benzene rings is 2. The van der Waals surface area contributed by atoms with Gasteiger partial charge < -0.3 is 10.1 Å². The number of ketones is 1. The van der Waals surface area contributed by atoms with Gasteiger partial charge in [-0.1, -0.05) is 60.2 Å². The molecule has 1 heterocycles. The molecule has 0 aliphatic carbocycles. The van der Waals surface area contributed by atoms with Crippen LogP contribution in [0.1, 0.15) is 22.7 Å². The number of rotatable bonds is 7. The lowest BCUT2D eigenvalue weighted by Gasteiger charge is -2.22. The number of methoxy groups -OCH3 is 1. The van der Waals surface area contributed by atoms with Gasteiger partial charge in [0.05, 0.1) is 12.8 Å². The van der Waals surface area contributed by atoms with Gasteiger partial charge in [0.1, 0.15) is 23.3 Å². The molecule has 0 fully saturated rings. The maximum Gasteiger partial charge on any atom is 0.209 e. The Bertz CT molecular complexity index is 1000. The summed E-state index contributed by atoms with van der Waals surface area (Å²) >= 11 is 4.00. The highest BCUT2D eigenvalue weighted by molar-refractivity contribution is 7.79. The largest absolute Gasteiger partial charge is 0.358 e. The molecule has 2 unspecified atom stereocenters. The zero-order chi connectivity index (χ0) is 21.5. The molecule has 7 nitrogen and oxygen atoms in total. The second kappa shape index (κ2) is 10.1. The second-order valence-corrected chi connectivity index (χ2v) is 6.94. The molecule has 0 aromatic heterocycles. The zero-order valence-electron chi connectivity index (χ0n) is 16.7. The standard InChI is InChI=1S/C22H23N5O2S/c1-14-8-10-16(11-9-14)21(26-17-12-24-13-18(25-17)29-2)22(28)19(23)20(27-30)15-6-4-3-5-7-15/h3-12,18,21,23,30H,13H2,1-2H3,(H,25,26). The SMILES string of the molecule is COC1CN=CC(NC(C(=O)C(=N)C(=NS)c2ccccc2)c2ccc(C)cc2)=N1. The van der Waals surface area contributed by atoms with Crippen LogP contribution in [0.15, 0.2) is 69.0 Å². The fourth-order valence-corrected chi connectivity index (χ4v) is 3.19. The monoisotopic (exact) mass is 421 g/mol. The molecule has 2 aromatic carbocycles. The Balaban J connectivity index is 1.94. The van der Waals surface area contributed by atoms with Gasteiger partial charge in [0.15, 0.2) is 6.23 Å². The van der Waals surface area contributed by atoms with Crippen molar-refractivity contribution >= 4 is 42.1 Å². The van der Waals surface area contributed by atoms with Gasteiger partial charge in [0.25, 0.3) is 0 Å². The number of aliphatic imine (C=N–C) groups is 2. The number of hydrogen-bond donors (Lipinski definition) is 3. The zero-order valence-corrected chi connectivity index (χ0v) is 17.6. The highest BCUT2D eigenvalue weighted by Crippen LogP contribution is 2.18. The Morgan fingerprint density at radius 1 is 1.23 bits per heavy atom. The third-order valence-corrected chi connectivity index (χ3v) is 4.83. The number of carbonyl (C=O) groups excluding carboxylic acids is 1. The van der Waals surface area contributed by atoms with Crippen LogP contribution >= 0.6 is 12.8 Å². The molecule has 0 bridgehead atoms. The predicted molar refractivity (Wildman–Crippen MR) is 123 cm³/mol. The summed E-state index contributed by atoms with van der Waals surface area (Å²) < 4.78 is 9.15. The summed E-state index contributed by atoms with van der Waals surface area (Å²) in [6.07, 6.45) is 1.16. The van der Waals surface area contributed by atoms with Gasteiger partial charge in [0, 0.05) is 12.7 Å². The smallest absolute Gasteiger partial charge is 0.209 e. The van der Waals surface area contributed by atoms with E-state index in [-0.39, 0.29) is 11.4 Å². The van der Waals surface area contributed by atoms with Crippen molar-refractivity contribution in [3.05, 3.63) is 71.3 Å². The number of carbonyl (C=O) groups is 1. The van der Waals surface area contributed by atoms with Crippen molar-refractivity contribution in [1.82, 2.24) is 5.32 Å². The average molecular weight is 422 g/mol. The van der Waals surface area contributed by atoms with E-state index >= 15 is 0 Å². The summed E-state index contributed by atoms with van der Waals surface area (Å²) in [4.78, 5) is 22.0. The molecular weight excluding hydrogens is 398 g/mol. The van der Waals surface area contributed by atoms with Crippen molar-refractivity contribution in [2.75, 3.05) is 13.7 Å². The van der Waals surface area contributed by atoms with Crippen LogP contribution in [0.5, 0.6) is 0 Å². The Labute approximate surface area is 181 Å². The Hall–Kier alpha value is -3.10. The number of ether oxygens (including phenoxy) is 1. The maximum atomic E-state index is 13.4. The van der Waals surface area contributed by atoms with E-state index < -0.39 is 18.1 Å².